The van der Waals surface area contributed by atoms with Crippen molar-refractivity contribution >= 4 is 17.0 Å². The number of hydrogen-bond donors (Lipinski definition) is 0. The largest absolute Gasteiger partial charge is 0.436 e. The molecular formula is C18H17FN2O2. The van der Waals surface area contributed by atoms with Crippen molar-refractivity contribution in [1.29, 1.82) is 0 Å². The Kier molecular flexibility index (Phi) is 3.86. The Bertz CT molecular complexity index is 837. The second-order valence-electron chi connectivity index (χ2n) is 5.68. The average Bonchev–Trinajstić information content (AvgIpc) is 2.96. The first kappa shape index (κ1) is 15.2. The molecule has 0 N–H and O–H groups in total. The van der Waals surface area contributed by atoms with Crippen LogP contribution in [0.2, 0.25) is 0 Å². The summed E-state index contributed by atoms with van der Waals surface area (Å²) in [4.78, 5) is 17.8. The minimum absolute atomic E-state index is 0.0704. The Morgan fingerprint density at radius 2 is 1.96 bits per heavy atom. The summed E-state index contributed by atoms with van der Waals surface area (Å²) in [7, 11) is 3.36. The zero-order chi connectivity index (χ0) is 16.6. The van der Waals surface area contributed by atoms with Crippen molar-refractivity contribution in [2.24, 2.45) is 0 Å². The Morgan fingerprint density at radius 1 is 1.22 bits per heavy atom. The van der Waals surface area contributed by atoms with E-state index < -0.39 is 11.7 Å². The molecule has 2 aromatic carbocycles. The van der Waals surface area contributed by atoms with E-state index >= 15 is 0 Å². The predicted molar refractivity (Wildman–Crippen MR) is 86.5 cm³/mol. The highest BCUT2D eigenvalue weighted by molar-refractivity contribution is 5.83. The van der Waals surface area contributed by atoms with Crippen LogP contribution in [0.1, 0.15) is 18.4 Å². The van der Waals surface area contributed by atoms with Gasteiger partial charge in [-0.05, 0) is 36.8 Å². The lowest BCUT2D eigenvalue weighted by Gasteiger charge is -2.17. The van der Waals surface area contributed by atoms with Gasteiger partial charge < -0.3 is 9.32 Å². The van der Waals surface area contributed by atoms with Gasteiger partial charge in [-0.1, -0.05) is 18.2 Å². The summed E-state index contributed by atoms with van der Waals surface area (Å²) in [6, 6.07) is 12.0. The van der Waals surface area contributed by atoms with Gasteiger partial charge in [-0.15, -0.1) is 0 Å². The Balaban J connectivity index is 1.97. The fourth-order valence-corrected chi connectivity index (χ4v) is 2.49. The molecule has 1 amide bonds. The minimum atomic E-state index is -0.451. The van der Waals surface area contributed by atoms with Gasteiger partial charge in [0.2, 0.25) is 11.8 Å². The molecule has 3 aromatic rings. The highest BCUT2D eigenvalue weighted by Crippen LogP contribution is 2.28. The lowest BCUT2D eigenvalue weighted by molar-refractivity contribution is -0.129. The van der Waals surface area contributed by atoms with Crippen LogP contribution in [0.5, 0.6) is 0 Å². The third-order valence-electron chi connectivity index (χ3n) is 3.83. The minimum Gasteiger partial charge on any atom is -0.436 e. The summed E-state index contributed by atoms with van der Waals surface area (Å²) in [6.45, 7) is 1.76. The number of amides is 1. The normalized spacial score (nSPS) is 12.3. The van der Waals surface area contributed by atoms with E-state index in [0.29, 0.717) is 16.7 Å². The van der Waals surface area contributed by atoms with E-state index in [9.17, 15) is 9.18 Å². The first-order valence-electron chi connectivity index (χ1n) is 7.34. The van der Waals surface area contributed by atoms with Crippen LogP contribution in [0, 0.1) is 5.82 Å². The van der Waals surface area contributed by atoms with Crippen LogP contribution in [0.25, 0.3) is 22.6 Å². The number of fused-ring (bicyclic) bond motifs is 1. The summed E-state index contributed by atoms with van der Waals surface area (Å²) in [5.74, 6) is -0.689. The van der Waals surface area contributed by atoms with Gasteiger partial charge in [0.1, 0.15) is 11.3 Å². The summed E-state index contributed by atoms with van der Waals surface area (Å²) >= 11 is 0. The van der Waals surface area contributed by atoms with Crippen LogP contribution >= 0.6 is 0 Å². The number of nitrogens with zero attached hydrogens (tertiary/aromatic N) is 2. The van der Waals surface area contributed by atoms with Gasteiger partial charge in [0.25, 0.3) is 0 Å². The molecule has 0 bridgehead atoms. The van der Waals surface area contributed by atoms with Crippen molar-refractivity contribution in [3.63, 3.8) is 0 Å². The van der Waals surface area contributed by atoms with Crippen molar-refractivity contribution < 1.29 is 13.6 Å². The molecule has 1 atom stereocenters. The number of rotatable bonds is 3. The summed E-state index contributed by atoms with van der Waals surface area (Å²) in [5, 5.41) is 0. The molecular weight excluding hydrogens is 295 g/mol. The van der Waals surface area contributed by atoms with E-state index in [2.05, 4.69) is 4.98 Å². The van der Waals surface area contributed by atoms with Gasteiger partial charge >= 0.3 is 0 Å². The molecule has 0 aliphatic rings. The van der Waals surface area contributed by atoms with E-state index in [-0.39, 0.29) is 17.4 Å². The van der Waals surface area contributed by atoms with Crippen LogP contribution in [0.4, 0.5) is 4.39 Å². The summed E-state index contributed by atoms with van der Waals surface area (Å²) in [5.41, 5.74) is 2.21. The number of aromatic nitrogens is 1. The molecule has 0 aliphatic carbocycles. The number of likely N-dealkylation sites (N-methyl/N-ethyl adjacent to an activating group) is 1. The van der Waals surface area contributed by atoms with Gasteiger partial charge in [0.15, 0.2) is 5.58 Å². The van der Waals surface area contributed by atoms with Gasteiger partial charge in [-0.3, -0.25) is 4.79 Å². The van der Waals surface area contributed by atoms with E-state index in [0.717, 1.165) is 0 Å². The SMILES string of the molecule is CC(C(=O)N(C)C)c1ccc(-c2nc3ccccc3o2)c(F)c1. The fourth-order valence-electron chi connectivity index (χ4n) is 2.49. The summed E-state index contributed by atoms with van der Waals surface area (Å²) < 4.78 is 20.1. The van der Waals surface area contributed by atoms with Crippen LogP contribution in [-0.4, -0.2) is 29.9 Å². The van der Waals surface area contributed by atoms with Gasteiger partial charge in [-0.2, -0.15) is 0 Å². The Morgan fingerprint density at radius 3 is 2.61 bits per heavy atom. The molecule has 0 saturated carbocycles. The van der Waals surface area contributed by atoms with Crippen LogP contribution in [0.15, 0.2) is 46.9 Å². The number of carbonyl (C=O) groups excluding carboxylic acids is 1. The monoisotopic (exact) mass is 312 g/mol. The molecule has 3 rings (SSSR count). The molecule has 4 nitrogen and oxygen atoms in total. The maximum absolute atomic E-state index is 14.5. The maximum Gasteiger partial charge on any atom is 0.230 e. The standard InChI is InChI=1S/C18H17FN2O2/c1-11(18(22)21(2)3)12-8-9-13(14(19)10-12)17-20-15-6-4-5-7-16(15)23-17/h4-11H,1-3H3. The Hall–Kier alpha value is -2.69. The molecule has 1 heterocycles. The van der Waals surface area contributed by atoms with Crippen molar-refractivity contribution in [3.05, 3.63) is 53.8 Å². The number of hydrogen-bond acceptors (Lipinski definition) is 3. The summed E-state index contributed by atoms with van der Waals surface area (Å²) in [6.07, 6.45) is 0. The first-order chi connectivity index (χ1) is 11.0. The highest BCUT2D eigenvalue weighted by atomic mass is 19.1. The number of benzene rings is 2. The molecule has 1 aromatic heterocycles. The van der Waals surface area contributed by atoms with Gasteiger partial charge in [0.05, 0.1) is 11.5 Å². The van der Waals surface area contributed by atoms with Crippen molar-refractivity contribution in [2.75, 3.05) is 14.1 Å². The lowest BCUT2D eigenvalue weighted by atomic mass is 9.98. The maximum atomic E-state index is 14.5. The Labute approximate surface area is 133 Å². The average molecular weight is 312 g/mol. The van der Waals surface area contributed by atoms with Gasteiger partial charge in [-0.25, -0.2) is 9.37 Å². The first-order valence-corrected chi connectivity index (χ1v) is 7.34. The number of halogens is 1. The zero-order valence-corrected chi connectivity index (χ0v) is 13.2. The molecule has 118 valence electrons. The lowest BCUT2D eigenvalue weighted by Crippen LogP contribution is -2.26. The van der Waals surface area contributed by atoms with E-state index in [4.69, 9.17) is 4.42 Å². The van der Waals surface area contributed by atoms with Crippen molar-refractivity contribution in [3.8, 4) is 11.5 Å². The predicted octanol–water partition coefficient (Wildman–Crippen LogP) is 3.83. The van der Waals surface area contributed by atoms with Crippen LogP contribution in [0.3, 0.4) is 0 Å². The molecule has 1 unspecified atom stereocenters. The quantitative estimate of drug-likeness (QED) is 0.738. The molecule has 0 spiro atoms. The smallest absolute Gasteiger partial charge is 0.230 e. The number of para-hydroxylation sites is 2. The van der Waals surface area contributed by atoms with E-state index in [1.54, 1.807) is 39.2 Å². The molecule has 5 heteroatoms. The van der Waals surface area contributed by atoms with E-state index in [1.165, 1.54) is 11.0 Å². The third kappa shape index (κ3) is 2.82. The molecule has 0 radical (unpaired) electrons. The number of oxazole rings is 1. The van der Waals surface area contributed by atoms with Crippen molar-refractivity contribution in [2.45, 2.75) is 12.8 Å². The molecule has 0 saturated heterocycles. The van der Waals surface area contributed by atoms with Gasteiger partial charge in [0, 0.05) is 14.1 Å². The fraction of sp³-hybridized carbons (Fsp3) is 0.222. The topological polar surface area (TPSA) is 46.3 Å². The van der Waals surface area contributed by atoms with Crippen LogP contribution in [-0.2, 0) is 4.79 Å². The second-order valence-corrected chi connectivity index (χ2v) is 5.68. The highest BCUT2D eigenvalue weighted by Gasteiger charge is 2.20. The molecule has 23 heavy (non-hydrogen) atoms. The zero-order valence-electron chi connectivity index (χ0n) is 13.2. The van der Waals surface area contributed by atoms with Crippen LogP contribution < -0.4 is 0 Å². The number of carbonyl (C=O) groups is 1. The van der Waals surface area contributed by atoms with E-state index in [1.807, 2.05) is 18.2 Å². The molecule has 0 aliphatic heterocycles. The second kappa shape index (κ2) is 5.83. The third-order valence-corrected chi connectivity index (χ3v) is 3.83. The molecule has 0 fully saturated rings. The van der Waals surface area contributed by atoms with Crippen molar-refractivity contribution in [1.82, 2.24) is 9.88 Å².